The Labute approximate surface area is 97.9 Å². The summed E-state index contributed by atoms with van der Waals surface area (Å²) in [5.41, 5.74) is 0. The van der Waals surface area contributed by atoms with Gasteiger partial charge in [0.25, 0.3) is 0 Å². The summed E-state index contributed by atoms with van der Waals surface area (Å²) in [7, 11) is 0. The van der Waals surface area contributed by atoms with E-state index in [0.717, 1.165) is 25.2 Å². The van der Waals surface area contributed by atoms with E-state index in [1.807, 2.05) is 43.3 Å². The molecule has 0 spiro atoms. The fourth-order valence-corrected chi connectivity index (χ4v) is 1.21. The Morgan fingerprint density at radius 2 is 2.00 bits per heavy atom. The second-order valence-corrected chi connectivity index (χ2v) is 3.69. The summed E-state index contributed by atoms with van der Waals surface area (Å²) in [5.74, 6) is 0.883. The first kappa shape index (κ1) is 12.6. The van der Waals surface area contributed by atoms with Crippen molar-refractivity contribution in [3.05, 3.63) is 42.7 Å². The van der Waals surface area contributed by atoms with E-state index in [4.69, 9.17) is 9.47 Å². The summed E-state index contributed by atoms with van der Waals surface area (Å²) in [6, 6.07) is 9.79. The van der Waals surface area contributed by atoms with Gasteiger partial charge in [0, 0.05) is 0 Å². The Bertz CT molecular complexity index is 293. The first-order valence-corrected chi connectivity index (χ1v) is 5.83. The van der Waals surface area contributed by atoms with Crippen molar-refractivity contribution in [3.63, 3.8) is 0 Å². The molecule has 88 valence electrons. The summed E-state index contributed by atoms with van der Waals surface area (Å²) in [4.78, 5) is 0. The Morgan fingerprint density at radius 1 is 1.25 bits per heavy atom. The van der Waals surface area contributed by atoms with Gasteiger partial charge in [-0.05, 0) is 31.6 Å². The maximum atomic E-state index is 5.65. The molecule has 0 saturated carbocycles. The van der Waals surface area contributed by atoms with Crippen LogP contribution in [0.15, 0.2) is 42.7 Å². The highest BCUT2D eigenvalue weighted by Gasteiger charge is 1.97. The van der Waals surface area contributed by atoms with Gasteiger partial charge in [-0.1, -0.05) is 31.5 Å². The topological polar surface area (TPSA) is 18.5 Å². The van der Waals surface area contributed by atoms with Crippen molar-refractivity contribution in [1.29, 1.82) is 0 Å². The van der Waals surface area contributed by atoms with Crippen molar-refractivity contribution < 1.29 is 9.47 Å². The molecule has 0 heterocycles. The number of benzene rings is 1. The molecule has 16 heavy (non-hydrogen) atoms. The predicted molar refractivity (Wildman–Crippen MR) is 66.5 cm³/mol. The SMILES string of the molecule is CCCCOC=CC(C)Oc1ccccc1. The molecular formula is C14H20O2. The van der Waals surface area contributed by atoms with Gasteiger partial charge >= 0.3 is 0 Å². The highest BCUT2D eigenvalue weighted by atomic mass is 16.5. The lowest BCUT2D eigenvalue weighted by Gasteiger charge is -2.10. The van der Waals surface area contributed by atoms with Gasteiger partial charge in [0.05, 0.1) is 12.9 Å². The number of rotatable bonds is 7. The normalized spacial score (nSPS) is 12.6. The third-order valence-corrected chi connectivity index (χ3v) is 2.13. The highest BCUT2D eigenvalue weighted by Crippen LogP contribution is 2.11. The summed E-state index contributed by atoms with van der Waals surface area (Å²) in [6.07, 6.45) is 5.93. The van der Waals surface area contributed by atoms with Crippen molar-refractivity contribution in [2.75, 3.05) is 6.61 Å². The van der Waals surface area contributed by atoms with Crippen LogP contribution in [0.2, 0.25) is 0 Å². The van der Waals surface area contributed by atoms with Crippen LogP contribution in [0.25, 0.3) is 0 Å². The number of para-hydroxylation sites is 1. The van der Waals surface area contributed by atoms with Crippen molar-refractivity contribution in [1.82, 2.24) is 0 Å². The molecule has 0 bridgehead atoms. The third-order valence-electron chi connectivity index (χ3n) is 2.13. The molecule has 2 nitrogen and oxygen atoms in total. The molecule has 0 N–H and O–H groups in total. The number of hydrogen-bond acceptors (Lipinski definition) is 2. The Balaban J connectivity index is 2.22. The van der Waals surface area contributed by atoms with Crippen LogP contribution in [-0.4, -0.2) is 12.7 Å². The third kappa shape index (κ3) is 5.44. The zero-order valence-corrected chi connectivity index (χ0v) is 10.1. The van der Waals surface area contributed by atoms with Gasteiger partial charge in [0.1, 0.15) is 11.9 Å². The molecule has 0 aromatic heterocycles. The van der Waals surface area contributed by atoms with Gasteiger partial charge in [0.2, 0.25) is 0 Å². The zero-order valence-electron chi connectivity index (χ0n) is 10.1. The average Bonchev–Trinajstić information content (AvgIpc) is 2.30. The molecule has 0 radical (unpaired) electrons. The molecule has 1 aromatic rings. The Morgan fingerprint density at radius 3 is 2.69 bits per heavy atom. The molecule has 1 aromatic carbocycles. The molecule has 0 fully saturated rings. The van der Waals surface area contributed by atoms with Crippen LogP contribution in [0.3, 0.4) is 0 Å². The van der Waals surface area contributed by atoms with E-state index in [2.05, 4.69) is 6.92 Å². The summed E-state index contributed by atoms with van der Waals surface area (Å²) >= 11 is 0. The zero-order chi connectivity index (χ0) is 11.6. The van der Waals surface area contributed by atoms with Crippen LogP contribution in [-0.2, 0) is 4.74 Å². The Kier molecular flexibility index (Phi) is 6.16. The smallest absolute Gasteiger partial charge is 0.120 e. The van der Waals surface area contributed by atoms with E-state index in [9.17, 15) is 0 Å². The van der Waals surface area contributed by atoms with Crippen LogP contribution in [0.5, 0.6) is 5.75 Å². The van der Waals surface area contributed by atoms with Gasteiger partial charge in [-0.2, -0.15) is 0 Å². The number of unbranched alkanes of at least 4 members (excludes halogenated alkanes) is 1. The quantitative estimate of drug-likeness (QED) is 0.514. The fourth-order valence-electron chi connectivity index (χ4n) is 1.21. The monoisotopic (exact) mass is 220 g/mol. The van der Waals surface area contributed by atoms with E-state index >= 15 is 0 Å². The summed E-state index contributed by atoms with van der Waals surface area (Å²) in [6.45, 7) is 4.92. The van der Waals surface area contributed by atoms with Crippen LogP contribution >= 0.6 is 0 Å². The van der Waals surface area contributed by atoms with Gasteiger partial charge < -0.3 is 9.47 Å². The van der Waals surface area contributed by atoms with Gasteiger partial charge in [-0.25, -0.2) is 0 Å². The second-order valence-electron chi connectivity index (χ2n) is 3.69. The molecule has 0 amide bonds. The standard InChI is InChI=1S/C14H20O2/c1-3-4-11-15-12-10-13(2)16-14-8-6-5-7-9-14/h5-10,12-13H,3-4,11H2,1-2H3. The Hall–Kier alpha value is -1.44. The van der Waals surface area contributed by atoms with Crippen LogP contribution in [0.1, 0.15) is 26.7 Å². The molecule has 1 atom stereocenters. The lowest BCUT2D eigenvalue weighted by molar-refractivity contribution is 0.228. The minimum Gasteiger partial charge on any atom is -0.501 e. The van der Waals surface area contributed by atoms with Gasteiger partial charge in [-0.15, -0.1) is 0 Å². The molecule has 0 aliphatic heterocycles. The first-order valence-electron chi connectivity index (χ1n) is 5.83. The van der Waals surface area contributed by atoms with Gasteiger partial charge in [0.15, 0.2) is 0 Å². The molecule has 0 aliphatic rings. The lowest BCUT2D eigenvalue weighted by Crippen LogP contribution is -2.07. The van der Waals surface area contributed by atoms with Crippen LogP contribution < -0.4 is 4.74 Å². The molecule has 1 rings (SSSR count). The highest BCUT2D eigenvalue weighted by molar-refractivity contribution is 5.21. The van der Waals surface area contributed by atoms with E-state index in [1.165, 1.54) is 0 Å². The van der Waals surface area contributed by atoms with E-state index in [1.54, 1.807) is 6.26 Å². The van der Waals surface area contributed by atoms with Crippen molar-refractivity contribution >= 4 is 0 Å². The van der Waals surface area contributed by atoms with Crippen molar-refractivity contribution in [2.24, 2.45) is 0 Å². The predicted octanol–water partition coefficient (Wildman–Crippen LogP) is 3.78. The van der Waals surface area contributed by atoms with Crippen LogP contribution in [0, 0.1) is 0 Å². The van der Waals surface area contributed by atoms with Crippen LogP contribution in [0.4, 0.5) is 0 Å². The number of ether oxygens (including phenoxy) is 2. The molecule has 1 unspecified atom stereocenters. The van der Waals surface area contributed by atoms with E-state index in [0.29, 0.717) is 0 Å². The van der Waals surface area contributed by atoms with E-state index in [-0.39, 0.29) is 6.10 Å². The summed E-state index contributed by atoms with van der Waals surface area (Å²) < 4.78 is 11.0. The van der Waals surface area contributed by atoms with Gasteiger partial charge in [-0.3, -0.25) is 0 Å². The minimum atomic E-state index is 0.0315. The van der Waals surface area contributed by atoms with Crippen molar-refractivity contribution in [3.8, 4) is 5.75 Å². The molecular weight excluding hydrogens is 200 g/mol. The largest absolute Gasteiger partial charge is 0.501 e. The molecule has 2 heteroatoms. The van der Waals surface area contributed by atoms with E-state index < -0.39 is 0 Å². The van der Waals surface area contributed by atoms with Crippen molar-refractivity contribution in [2.45, 2.75) is 32.8 Å². The fraction of sp³-hybridized carbons (Fsp3) is 0.429. The first-order chi connectivity index (χ1) is 7.83. The second kappa shape index (κ2) is 7.80. The maximum absolute atomic E-state index is 5.65. The molecule has 0 aliphatic carbocycles. The number of hydrogen-bond donors (Lipinski definition) is 0. The maximum Gasteiger partial charge on any atom is 0.120 e. The summed E-state index contributed by atoms with van der Waals surface area (Å²) in [5, 5.41) is 0. The molecule has 0 saturated heterocycles. The minimum absolute atomic E-state index is 0.0315. The lowest BCUT2D eigenvalue weighted by atomic mass is 10.3. The average molecular weight is 220 g/mol.